The predicted octanol–water partition coefficient (Wildman–Crippen LogP) is 4.99. The van der Waals surface area contributed by atoms with E-state index in [1.54, 1.807) is 36.4 Å². The number of nitro groups is 1. The Balaban J connectivity index is 1.48. The van der Waals surface area contributed by atoms with E-state index in [1.807, 2.05) is 17.0 Å². The lowest BCUT2D eigenvalue weighted by Gasteiger charge is -2.33. The summed E-state index contributed by atoms with van der Waals surface area (Å²) in [6.45, 7) is 0.975. The Morgan fingerprint density at radius 2 is 1.95 bits per heavy atom. The molecule has 1 saturated heterocycles. The van der Waals surface area contributed by atoms with Crippen LogP contribution in [0.15, 0.2) is 60.8 Å². The SMILES string of the molecule is O=C(N[C@@H](Cc1ccccc1-c1cc(Cl)ccc1Cl)C(=O)O)C1CCCN(c2ccc([N+](=O)[O-])cn2)C1. The number of carbonyl (C=O) groups is 2. The van der Waals surface area contributed by atoms with Gasteiger partial charge in [-0.3, -0.25) is 14.9 Å². The number of carboxylic acid groups (broad SMARTS) is 1. The van der Waals surface area contributed by atoms with Crippen LogP contribution in [0.1, 0.15) is 18.4 Å². The molecular formula is C26H24Cl2N4O5. The van der Waals surface area contributed by atoms with Gasteiger partial charge in [-0.2, -0.15) is 0 Å². The summed E-state index contributed by atoms with van der Waals surface area (Å²) in [5.74, 6) is -1.43. The zero-order valence-electron chi connectivity index (χ0n) is 19.6. The van der Waals surface area contributed by atoms with Crippen molar-refractivity contribution in [2.75, 3.05) is 18.0 Å². The van der Waals surface area contributed by atoms with Gasteiger partial charge in [-0.1, -0.05) is 47.5 Å². The standard InChI is InChI=1S/C26H24Cl2N4O5/c27-18-7-9-22(28)21(13-18)20-6-2-1-4-16(20)12-23(26(34)35)30-25(33)17-5-3-11-31(15-17)24-10-8-19(14-29-24)32(36)37/h1-2,4,6-10,13-14,17,23H,3,5,11-12,15H2,(H,30,33)(H,34,35)/t17?,23-/m0/s1. The second kappa shape index (κ2) is 11.6. The molecule has 3 aromatic rings. The fourth-order valence-corrected chi connectivity index (χ4v) is 4.84. The summed E-state index contributed by atoms with van der Waals surface area (Å²) >= 11 is 12.5. The quantitative estimate of drug-likeness (QED) is 0.303. The fourth-order valence-electron chi connectivity index (χ4n) is 4.45. The summed E-state index contributed by atoms with van der Waals surface area (Å²) in [5, 5.41) is 24.5. The average Bonchev–Trinajstić information content (AvgIpc) is 2.90. The Morgan fingerprint density at radius 3 is 2.65 bits per heavy atom. The van der Waals surface area contributed by atoms with Crippen LogP contribution in [0, 0.1) is 16.0 Å². The van der Waals surface area contributed by atoms with Crippen LogP contribution < -0.4 is 10.2 Å². The van der Waals surface area contributed by atoms with Crippen LogP contribution in [0.4, 0.5) is 11.5 Å². The van der Waals surface area contributed by atoms with Crippen molar-refractivity contribution in [1.82, 2.24) is 10.3 Å². The van der Waals surface area contributed by atoms with Gasteiger partial charge in [0.1, 0.15) is 18.1 Å². The largest absolute Gasteiger partial charge is 0.480 e. The van der Waals surface area contributed by atoms with Gasteiger partial charge >= 0.3 is 5.97 Å². The van der Waals surface area contributed by atoms with Gasteiger partial charge < -0.3 is 15.3 Å². The van der Waals surface area contributed by atoms with E-state index in [0.29, 0.717) is 52.9 Å². The Hall–Kier alpha value is -3.69. The zero-order valence-corrected chi connectivity index (χ0v) is 21.2. The van der Waals surface area contributed by atoms with E-state index in [9.17, 15) is 24.8 Å². The number of amides is 1. The van der Waals surface area contributed by atoms with Crippen molar-refractivity contribution in [2.45, 2.75) is 25.3 Å². The summed E-state index contributed by atoms with van der Waals surface area (Å²) in [5.41, 5.74) is 2.01. The highest BCUT2D eigenvalue weighted by atomic mass is 35.5. The van der Waals surface area contributed by atoms with Crippen molar-refractivity contribution < 1.29 is 19.6 Å². The maximum Gasteiger partial charge on any atom is 0.326 e. The summed E-state index contributed by atoms with van der Waals surface area (Å²) < 4.78 is 0. The molecule has 1 aliphatic rings. The van der Waals surface area contributed by atoms with E-state index >= 15 is 0 Å². The second-order valence-electron chi connectivity index (χ2n) is 8.80. The number of carbonyl (C=O) groups excluding carboxylic acids is 1. The van der Waals surface area contributed by atoms with E-state index < -0.39 is 22.9 Å². The lowest BCUT2D eigenvalue weighted by molar-refractivity contribution is -0.385. The molecule has 1 aromatic heterocycles. The van der Waals surface area contributed by atoms with Crippen molar-refractivity contribution in [3.8, 4) is 11.1 Å². The number of hydrogen-bond acceptors (Lipinski definition) is 6. The van der Waals surface area contributed by atoms with E-state index in [1.165, 1.54) is 12.3 Å². The minimum absolute atomic E-state index is 0.0560. The number of carboxylic acids is 1. The third-order valence-electron chi connectivity index (χ3n) is 6.33. The normalized spacial score (nSPS) is 16.2. The number of pyridine rings is 1. The molecule has 1 amide bonds. The lowest BCUT2D eigenvalue weighted by Crippen LogP contribution is -2.49. The van der Waals surface area contributed by atoms with E-state index in [4.69, 9.17) is 23.2 Å². The van der Waals surface area contributed by atoms with Gasteiger partial charge in [-0.25, -0.2) is 9.78 Å². The molecule has 1 fully saturated rings. The van der Waals surface area contributed by atoms with E-state index in [-0.39, 0.29) is 18.0 Å². The minimum atomic E-state index is -1.15. The summed E-state index contributed by atoms with van der Waals surface area (Å²) in [7, 11) is 0. The lowest BCUT2D eigenvalue weighted by atomic mass is 9.93. The number of nitrogens with one attached hydrogen (secondary N) is 1. The van der Waals surface area contributed by atoms with Crippen molar-refractivity contribution in [3.63, 3.8) is 0 Å². The monoisotopic (exact) mass is 542 g/mol. The van der Waals surface area contributed by atoms with Crippen LogP contribution in [0.2, 0.25) is 10.0 Å². The van der Waals surface area contributed by atoms with Crippen LogP contribution in [0.5, 0.6) is 0 Å². The molecule has 2 N–H and O–H groups in total. The molecule has 11 heteroatoms. The molecule has 2 aromatic carbocycles. The summed E-state index contributed by atoms with van der Waals surface area (Å²) in [6.07, 6.45) is 2.53. The molecule has 2 heterocycles. The molecule has 0 radical (unpaired) electrons. The maximum atomic E-state index is 13.1. The predicted molar refractivity (Wildman–Crippen MR) is 141 cm³/mol. The second-order valence-corrected chi connectivity index (χ2v) is 9.65. The number of aromatic nitrogens is 1. The number of aliphatic carboxylic acids is 1. The number of halogens is 2. The van der Waals surface area contributed by atoms with Gasteiger partial charge in [0.25, 0.3) is 5.69 Å². The molecule has 0 aliphatic carbocycles. The highest BCUT2D eigenvalue weighted by molar-refractivity contribution is 6.35. The molecule has 4 rings (SSSR count). The molecule has 9 nitrogen and oxygen atoms in total. The molecular weight excluding hydrogens is 519 g/mol. The number of nitrogens with zero attached hydrogens (tertiary/aromatic N) is 3. The molecule has 0 saturated carbocycles. The van der Waals surface area contributed by atoms with Crippen molar-refractivity contribution >= 4 is 46.6 Å². The van der Waals surface area contributed by atoms with Crippen LogP contribution in [-0.2, 0) is 16.0 Å². The van der Waals surface area contributed by atoms with E-state index in [0.717, 1.165) is 5.56 Å². The average molecular weight is 543 g/mol. The van der Waals surface area contributed by atoms with Gasteiger partial charge in [-0.05, 0) is 48.2 Å². The first-order valence-corrected chi connectivity index (χ1v) is 12.4. The number of hydrogen-bond donors (Lipinski definition) is 2. The highest BCUT2D eigenvalue weighted by Gasteiger charge is 2.30. The first-order chi connectivity index (χ1) is 17.7. The molecule has 37 heavy (non-hydrogen) atoms. The molecule has 0 bridgehead atoms. The summed E-state index contributed by atoms with van der Waals surface area (Å²) in [6, 6.07) is 14.1. The van der Waals surface area contributed by atoms with Gasteiger partial charge in [0.05, 0.1) is 10.8 Å². The Morgan fingerprint density at radius 1 is 1.16 bits per heavy atom. The molecule has 1 unspecified atom stereocenters. The minimum Gasteiger partial charge on any atom is -0.480 e. The first-order valence-electron chi connectivity index (χ1n) is 11.6. The fraction of sp³-hybridized carbons (Fsp3) is 0.269. The summed E-state index contributed by atoms with van der Waals surface area (Å²) in [4.78, 5) is 41.7. The van der Waals surface area contributed by atoms with Crippen LogP contribution in [-0.4, -0.2) is 46.0 Å². The number of benzene rings is 2. The number of piperidine rings is 1. The number of rotatable bonds is 8. The smallest absolute Gasteiger partial charge is 0.326 e. The van der Waals surface area contributed by atoms with Crippen LogP contribution in [0.25, 0.3) is 11.1 Å². The van der Waals surface area contributed by atoms with Gasteiger partial charge in [0.15, 0.2) is 0 Å². The molecule has 192 valence electrons. The molecule has 2 atom stereocenters. The molecule has 1 aliphatic heterocycles. The zero-order chi connectivity index (χ0) is 26.5. The van der Waals surface area contributed by atoms with Crippen LogP contribution >= 0.6 is 23.2 Å². The number of anilines is 1. The third kappa shape index (κ3) is 6.36. The highest BCUT2D eigenvalue weighted by Crippen LogP contribution is 2.33. The first kappa shape index (κ1) is 26.4. The Bertz CT molecular complexity index is 1320. The van der Waals surface area contributed by atoms with Crippen molar-refractivity contribution in [3.05, 3.63) is 86.5 Å². The van der Waals surface area contributed by atoms with Gasteiger partial charge in [0, 0.05) is 41.2 Å². The Labute approximate surface area is 223 Å². The van der Waals surface area contributed by atoms with Crippen molar-refractivity contribution in [2.24, 2.45) is 5.92 Å². The van der Waals surface area contributed by atoms with E-state index in [2.05, 4.69) is 10.3 Å². The van der Waals surface area contributed by atoms with Gasteiger partial charge in [-0.15, -0.1) is 0 Å². The third-order valence-corrected chi connectivity index (χ3v) is 6.90. The van der Waals surface area contributed by atoms with Gasteiger partial charge in [0.2, 0.25) is 5.91 Å². The topological polar surface area (TPSA) is 126 Å². The van der Waals surface area contributed by atoms with Crippen LogP contribution in [0.3, 0.4) is 0 Å². The molecule has 0 spiro atoms. The van der Waals surface area contributed by atoms with Crippen molar-refractivity contribution in [1.29, 1.82) is 0 Å². The Kier molecular flexibility index (Phi) is 8.25. The maximum absolute atomic E-state index is 13.1.